The Kier molecular flexibility index (Phi) is 5.55. The molecule has 0 unspecified atom stereocenters. The third-order valence-corrected chi connectivity index (χ3v) is 3.48. The Labute approximate surface area is 119 Å². The van der Waals surface area contributed by atoms with Crippen LogP contribution in [0.1, 0.15) is 44.0 Å². The molecule has 0 spiro atoms. The maximum Gasteiger partial charge on any atom is 0.335 e. The number of nitrogens with two attached hydrogens (primary N) is 1. The molecule has 0 aliphatic heterocycles. The minimum absolute atomic E-state index is 0.0338. The van der Waals surface area contributed by atoms with Crippen molar-refractivity contribution in [2.45, 2.75) is 33.6 Å². The molecule has 0 fully saturated rings. The highest BCUT2D eigenvalue weighted by Gasteiger charge is 2.23. The molecule has 0 aliphatic rings. The van der Waals surface area contributed by atoms with Crippen molar-refractivity contribution in [1.82, 2.24) is 0 Å². The number of nitrogen functional groups attached to an aromatic ring is 1. The van der Waals surface area contributed by atoms with Crippen LogP contribution in [0.25, 0.3) is 0 Å². The van der Waals surface area contributed by atoms with E-state index < -0.39 is 5.97 Å². The summed E-state index contributed by atoms with van der Waals surface area (Å²) in [7, 11) is 0. The largest absolute Gasteiger partial charge is 0.478 e. The van der Waals surface area contributed by atoms with Crippen LogP contribution in [0.3, 0.4) is 0 Å². The number of carboxylic acids is 1. The summed E-state index contributed by atoms with van der Waals surface area (Å²) in [6, 6.07) is 4.46. The Morgan fingerprint density at radius 1 is 1.25 bits per heavy atom. The Morgan fingerprint density at radius 3 is 2.25 bits per heavy atom. The molecule has 20 heavy (non-hydrogen) atoms. The highest BCUT2D eigenvalue weighted by atomic mass is 16.4. The summed E-state index contributed by atoms with van der Waals surface area (Å²) in [4.78, 5) is 25.0. The van der Waals surface area contributed by atoms with E-state index in [1.165, 1.54) is 12.1 Å². The van der Waals surface area contributed by atoms with Crippen molar-refractivity contribution < 1.29 is 14.7 Å². The minimum atomic E-state index is -1.03. The van der Waals surface area contributed by atoms with E-state index in [4.69, 9.17) is 10.8 Å². The second-order valence-electron chi connectivity index (χ2n) is 4.67. The van der Waals surface area contributed by atoms with E-state index >= 15 is 0 Å². The van der Waals surface area contributed by atoms with E-state index in [0.717, 1.165) is 12.8 Å². The molecule has 5 nitrogen and oxygen atoms in total. The van der Waals surface area contributed by atoms with E-state index in [0.29, 0.717) is 17.9 Å². The van der Waals surface area contributed by atoms with E-state index in [9.17, 15) is 9.59 Å². The Balaban J connectivity index is 3.13. The average Bonchev–Trinajstić information content (AvgIpc) is 2.42. The lowest BCUT2D eigenvalue weighted by Crippen LogP contribution is -2.36. The second kappa shape index (κ2) is 6.93. The number of anilines is 2. The van der Waals surface area contributed by atoms with E-state index in [-0.39, 0.29) is 17.4 Å². The van der Waals surface area contributed by atoms with Crippen LogP contribution in [0.2, 0.25) is 0 Å². The average molecular weight is 278 g/mol. The van der Waals surface area contributed by atoms with E-state index in [2.05, 4.69) is 0 Å². The van der Waals surface area contributed by atoms with Crippen LogP contribution in [0, 0.1) is 5.92 Å². The van der Waals surface area contributed by atoms with Crippen molar-refractivity contribution in [3.8, 4) is 0 Å². The van der Waals surface area contributed by atoms with E-state index in [1.54, 1.807) is 11.0 Å². The van der Waals surface area contributed by atoms with Crippen molar-refractivity contribution in [2.75, 3.05) is 17.2 Å². The van der Waals surface area contributed by atoms with Gasteiger partial charge in [0.1, 0.15) is 0 Å². The van der Waals surface area contributed by atoms with E-state index in [1.807, 2.05) is 20.8 Å². The first kappa shape index (κ1) is 16.0. The van der Waals surface area contributed by atoms with Gasteiger partial charge in [0.15, 0.2) is 0 Å². The second-order valence-corrected chi connectivity index (χ2v) is 4.67. The van der Waals surface area contributed by atoms with Gasteiger partial charge in [-0.05, 0) is 38.0 Å². The molecular weight excluding hydrogens is 256 g/mol. The SMILES string of the molecule is CCC(CC)C(=O)N(CC)c1ccc(C(=O)O)cc1N. The summed E-state index contributed by atoms with van der Waals surface area (Å²) in [5.41, 5.74) is 6.91. The van der Waals surface area contributed by atoms with Gasteiger partial charge in [-0.15, -0.1) is 0 Å². The fourth-order valence-corrected chi connectivity index (χ4v) is 2.24. The molecule has 0 heterocycles. The molecule has 5 heteroatoms. The molecule has 0 atom stereocenters. The number of aromatic carboxylic acids is 1. The smallest absolute Gasteiger partial charge is 0.335 e. The van der Waals surface area contributed by atoms with Gasteiger partial charge < -0.3 is 15.7 Å². The predicted octanol–water partition coefficient (Wildman–Crippen LogP) is 2.76. The molecule has 1 amide bonds. The van der Waals surface area contributed by atoms with Gasteiger partial charge in [0, 0.05) is 12.5 Å². The molecule has 0 radical (unpaired) electrons. The molecule has 1 rings (SSSR count). The monoisotopic (exact) mass is 278 g/mol. The summed E-state index contributed by atoms with van der Waals surface area (Å²) in [6.07, 6.45) is 1.55. The molecule has 0 bridgehead atoms. The number of hydrogen-bond acceptors (Lipinski definition) is 3. The van der Waals surface area contributed by atoms with Crippen molar-refractivity contribution >= 4 is 23.3 Å². The highest BCUT2D eigenvalue weighted by Crippen LogP contribution is 2.27. The van der Waals surface area contributed by atoms with Gasteiger partial charge >= 0.3 is 5.97 Å². The van der Waals surface area contributed by atoms with Gasteiger partial charge in [-0.1, -0.05) is 13.8 Å². The zero-order chi connectivity index (χ0) is 15.3. The fraction of sp³-hybridized carbons (Fsp3) is 0.467. The topological polar surface area (TPSA) is 83.6 Å². The quantitative estimate of drug-likeness (QED) is 0.784. The number of nitrogens with zero attached hydrogens (tertiary/aromatic N) is 1. The van der Waals surface area contributed by atoms with Crippen molar-refractivity contribution in [3.05, 3.63) is 23.8 Å². The number of benzene rings is 1. The molecule has 0 aliphatic carbocycles. The third-order valence-electron chi connectivity index (χ3n) is 3.48. The number of amides is 1. The zero-order valence-electron chi connectivity index (χ0n) is 12.2. The van der Waals surface area contributed by atoms with Crippen LogP contribution < -0.4 is 10.6 Å². The number of carboxylic acid groups (broad SMARTS) is 1. The van der Waals surface area contributed by atoms with Gasteiger partial charge in [0.2, 0.25) is 5.91 Å². The van der Waals surface area contributed by atoms with Gasteiger partial charge in [-0.2, -0.15) is 0 Å². The van der Waals surface area contributed by atoms with Crippen LogP contribution in [0.4, 0.5) is 11.4 Å². The van der Waals surface area contributed by atoms with Gasteiger partial charge in [0.25, 0.3) is 0 Å². The maximum absolute atomic E-state index is 12.5. The first-order chi connectivity index (χ1) is 9.46. The Hall–Kier alpha value is -2.04. The number of carbonyl (C=O) groups excluding carboxylic acids is 1. The lowest BCUT2D eigenvalue weighted by Gasteiger charge is -2.26. The summed E-state index contributed by atoms with van der Waals surface area (Å²) in [5.74, 6) is -1.03. The molecular formula is C15H22N2O3. The molecule has 0 aromatic heterocycles. The van der Waals surface area contributed by atoms with Gasteiger partial charge in [0.05, 0.1) is 16.9 Å². The van der Waals surface area contributed by atoms with Crippen molar-refractivity contribution in [1.29, 1.82) is 0 Å². The molecule has 0 saturated carbocycles. The number of carbonyl (C=O) groups is 2. The molecule has 110 valence electrons. The predicted molar refractivity (Wildman–Crippen MR) is 79.9 cm³/mol. The normalized spacial score (nSPS) is 10.6. The summed E-state index contributed by atoms with van der Waals surface area (Å²) < 4.78 is 0. The number of hydrogen-bond donors (Lipinski definition) is 2. The molecule has 1 aromatic carbocycles. The molecule has 1 aromatic rings. The molecule has 0 saturated heterocycles. The molecule has 3 N–H and O–H groups in total. The first-order valence-electron chi connectivity index (χ1n) is 6.90. The minimum Gasteiger partial charge on any atom is -0.478 e. The van der Waals surface area contributed by atoms with Gasteiger partial charge in [-0.3, -0.25) is 4.79 Å². The van der Waals surface area contributed by atoms with Crippen LogP contribution in [0.15, 0.2) is 18.2 Å². The Morgan fingerprint density at radius 2 is 1.85 bits per heavy atom. The van der Waals surface area contributed by atoms with Crippen molar-refractivity contribution in [3.63, 3.8) is 0 Å². The fourth-order valence-electron chi connectivity index (χ4n) is 2.24. The highest BCUT2D eigenvalue weighted by molar-refractivity contribution is 5.99. The third kappa shape index (κ3) is 3.29. The lowest BCUT2D eigenvalue weighted by molar-refractivity contribution is -0.122. The van der Waals surface area contributed by atoms with Crippen molar-refractivity contribution in [2.24, 2.45) is 5.92 Å². The summed E-state index contributed by atoms with van der Waals surface area (Å²) in [5, 5.41) is 8.93. The standard InChI is InChI=1S/C15H22N2O3/c1-4-10(5-2)14(18)17(6-3)13-8-7-11(15(19)20)9-12(13)16/h7-10H,4-6,16H2,1-3H3,(H,19,20). The number of rotatable bonds is 6. The first-order valence-corrected chi connectivity index (χ1v) is 6.90. The summed E-state index contributed by atoms with van der Waals surface area (Å²) in [6.45, 7) is 6.35. The van der Waals surface area contributed by atoms with Crippen LogP contribution in [-0.4, -0.2) is 23.5 Å². The zero-order valence-corrected chi connectivity index (χ0v) is 12.2. The van der Waals surface area contributed by atoms with Gasteiger partial charge in [-0.25, -0.2) is 4.79 Å². The van der Waals surface area contributed by atoms with Crippen LogP contribution >= 0.6 is 0 Å². The maximum atomic E-state index is 12.5. The Bertz CT molecular complexity index is 496. The summed E-state index contributed by atoms with van der Waals surface area (Å²) >= 11 is 0. The van der Waals surface area contributed by atoms with Crippen LogP contribution in [-0.2, 0) is 4.79 Å². The van der Waals surface area contributed by atoms with Crippen LogP contribution in [0.5, 0.6) is 0 Å². The lowest BCUT2D eigenvalue weighted by atomic mass is 10.0.